The van der Waals surface area contributed by atoms with E-state index in [1.54, 1.807) is 6.92 Å². The molecule has 0 aliphatic heterocycles. The Bertz CT molecular complexity index is 377. The van der Waals surface area contributed by atoms with Crippen LogP contribution in [-0.4, -0.2) is 22.5 Å². The van der Waals surface area contributed by atoms with Gasteiger partial charge in [0, 0.05) is 18.9 Å². The summed E-state index contributed by atoms with van der Waals surface area (Å²) in [5, 5.41) is 12.2. The Morgan fingerprint density at radius 3 is 2.33 bits per heavy atom. The minimum atomic E-state index is -0.666. The van der Waals surface area contributed by atoms with Crippen LogP contribution in [0.1, 0.15) is 45.4 Å². The summed E-state index contributed by atoms with van der Waals surface area (Å²) in [5.74, 6) is 1.48. The van der Waals surface area contributed by atoms with Gasteiger partial charge in [-0.25, -0.2) is 0 Å². The van der Waals surface area contributed by atoms with Crippen molar-refractivity contribution in [3.8, 4) is 0 Å². The highest BCUT2D eigenvalue weighted by molar-refractivity contribution is 5.74. The van der Waals surface area contributed by atoms with Gasteiger partial charge in [0.15, 0.2) is 0 Å². The molecule has 4 nitrogen and oxygen atoms in total. The zero-order valence-electron chi connectivity index (χ0n) is 10.8. The van der Waals surface area contributed by atoms with Gasteiger partial charge in [0.1, 0.15) is 0 Å². The maximum atomic E-state index is 11.4. The Morgan fingerprint density at radius 1 is 1.22 bits per heavy atom. The average Bonchev–Trinajstić information content (AvgIpc) is 2.20. The number of aliphatic carboxylic acids is 1. The van der Waals surface area contributed by atoms with Gasteiger partial charge in [-0.15, -0.1) is 0 Å². The van der Waals surface area contributed by atoms with E-state index in [1.807, 2.05) is 0 Å². The molecule has 0 radical (unpaired) electrons. The van der Waals surface area contributed by atoms with Crippen molar-refractivity contribution in [2.24, 2.45) is 23.7 Å². The Morgan fingerprint density at radius 2 is 1.83 bits per heavy atom. The highest BCUT2D eigenvalue weighted by Gasteiger charge is 2.55. The number of hydrogen-bond donors (Lipinski definition) is 2. The number of carboxylic acid groups (broad SMARTS) is 1. The van der Waals surface area contributed by atoms with Gasteiger partial charge < -0.3 is 10.4 Å². The Kier molecular flexibility index (Phi) is 2.65. The van der Waals surface area contributed by atoms with Crippen LogP contribution >= 0.6 is 0 Å². The average molecular weight is 251 g/mol. The van der Waals surface area contributed by atoms with Crippen LogP contribution in [0.4, 0.5) is 0 Å². The standard InChI is InChI=1S/C14H21NO3/c1-8(16)15-14-5-9-2-10(6-14)12(4-13(17)18)11(3-9)7-14/h9-12H,2-7H2,1H3,(H,15,16)(H,17,18). The minimum Gasteiger partial charge on any atom is -0.481 e. The summed E-state index contributed by atoms with van der Waals surface area (Å²) in [4.78, 5) is 22.4. The molecule has 0 saturated heterocycles. The number of carboxylic acids is 1. The highest BCUT2D eigenvalue weighted by Crippen LogP contribution is 2.59. The zero-order valence-corrected chi connectivity index (χ0v) is 10.8. The van der Waals surface area contributed by atoms with Crippen molar-refractivity contribution in [1.82, 2.24) is 5.32 Å². The second kappa shape index (κ2) is 3.97. The number of rotatable bonds is 3. The molecule has 0 aromatic heterocycles. The van der Waals surface area contributed by atoms with Crippen LogP contribution in [0, 0.1) is 23.7 Å². The second-order valence-electron chi connectivity index (χ2n) is 6.69. The molecule has 4 fully saturated rings. The summed E-state index contributed by atoms with van der Waals surface area (Å²) in [6.45, 7) is 1.59. The van der Waals surface area contributed by atoms with Gasteiger partial charge in [-0.1, -0.05) is 0 Å². The summed E-state index contributed by atoms with van der Waals surface area (Å²) in [6.07, 6.45) is 5.78. The first-order chi connectivity index (χ1) is 8.47. The van der Waals surface area contributed by atoms with Gasteiger partial charge in [-0.2, -0.15) is 0 Å². The molecule has 4 rings (SSSR count). The van der Waals surface area contributed by atoms with E-state index in [-0.39, 0.29) is 11.4 Å². The summed E-state index contributed by atoms with van der Waals surface area (Å²) < 4.78 is 0. The van der Waals surface area contributed by atoms with Crippen molar-refractivity contribution in [2.45, 2.75) is 51.0 Å². The van der Waals surface area contributed by atoms with E-state index < -0.39 is 5.97 Å². The zero-order chi connectivity index (χ0) is 12.9. The fourth-order valence-corrected chi connectivity index (χ4v) is 5.19. The van der Waals surface area contributed by atoms with Crippen LogP contribution in [0.15, 0.2) is 0 Å². The highest BCUT2D eigenvalue weighted by atomic mass is 16.4. The Labute approximate surface area is 107 Å². The molecule has 2 N–H and O–H groups in total. The second-order valence-corrected chi connectivity index (χ2v) is 6.69. The molecule has 2 atom stereocenters. The SMILES string of the molecule is CC(=O)NC12CC3CC(C1)C(CC(=O)O)C(C3)C2. The lowest BCUT2D eigenvalue weighted by Gasteiger charge is -2.60. The first-order valence-corrected chi connectivity index (χ1v) is 6.98. The van der Waals surface area contributed by atoms with E-state index in [9.17, 15) is 9.59 Å². The van der Waals surface area contributed by atoms with Gasteiger partial charge in [-0.05, 0) is 55.8 Å². The van der Waals surface area contributed by atoms with Crippen molar-refractivity contribution < 1.29 is 14.7 Å². The monoisotopic (exact) mass is 251 g/mol. The maximum Gasteiger partial charge on any atom is 0.303 e. The van der Waals surface area contributed by atoms with Crippen molar-refractivity contribution in [3.63, 3.8) is 0 Å². The van der Waals surface area contributed by atoms with Gasteiger partial charge in [-0.3, -0.25) is 9.59 Å². The van der Waals surface area contributed by atoms with Crippen LogP contribution in [0.2, 0.25) is 0 Å². The van der Waals surface area contributed by atoms with E-state index in [0.717, 1.165) is 19.3 Å². The molecule has 4 saturated carbocycles. The predicted octanol–water partition coefficient (Wildman–Crippen LogP) is 1.79. The fraction of sp³-hybridized carbons (Fsp3) is 0.857. The predicted molar refractivity (Wildman–Crippen MR) is 65.8 cm³/mol. The number of hydrogen-bond acceptors (Lipinski definition) is 2. The van der Waals surface area contributed by atoms with Crippen LogP contribution in [0.3, 0.4) is 0 Å². The largest absolute Gasteiger partial charge is 0.481 e. The number of nitrogens with one attached hydrogen (secondary N) is 1. The molecule has 1 amide bonds. The van der Waals surface area contributed by atoms with Crippen LogP contribution in [0.5, 0.6) is 0 Å². The fourth-order valence-electron chi connectivity index (χ4n) is 5.19. The van der Waals surface area contributed by atoms with E-state index in [1.165, 1.54) is 12.8 Å². The lowest BCUT2D eigenvalue weighted by atomic mass is 9.48. The molecule has 4 aliphatic rings. The minimum absolute atomic E-state index is 0.00264. The Hall–Kier alpha value is -1.06. The Balaban J connectivity index is 1.79. The molecular formula is C14H21NO3. The molecule has 0 aromatic carbocycles. The molecule has 2 unspecified atom stereocenters. The van der Waals surface area contributed by atoms with Gasteiger partial charge >= 0.3 is 5.97 Å². The summed E-state index contributed by atoms with van der Waals surface area (Å²) in [7, 11) is 0. The van der Waals surface area contributed by atoms with Gasteiger partial charge in [0.2, 0.25) is 5.91 Å². The third kappa shape index (κ3) is 1.91. The molecule has 100 valence electrons. The molecule has 18 heavy (non-hydrogen) atoms. The summed E-state index contributed by atoms with van der Waals surface area (Å²) in [5.41, 5.74) is -0.00264. The van der Waals surface area contributed by atoms with Crippen LogP contribution in [-0.2, 0) is 9.59 Å². The maximum absolute atomic E-state index is 11.4. The van der Waals surface area contributed by atoms with Crippen molar-refractivity contribution in [1.29, 1.82) is 0 Å². The van der Waals surface area contributed by atoms with E-state index in [4.69, 9.17) is 5.11 Å². The number of carbonyl (C=O) groups excluding carboxylic acids is 1. The lowest BCUT2D eigenvalue weighted by Crippen LogP contribution is -2.62. The number of carbonyl (C=O) groups is 2. The van der Waals surface area contributed by atoms with E-state index in [0.29, 0.717) is 30.1 Å². The van der Waals surface area contributed by atoms with Crippen LogP contribution in [0.25, 0.3) is 0 Å². The van der Waals surface area contributed by atoms with Gasteiger partial charge in [0.25, 0.3) is 0 Å². The molecule has 0 aromatic rings. The molecule has 4 bridgehead atoms. The third-order valence-corrected chi connectivity index (χ3v) is 5.32. The first-order valence-electron chi connectivity index (χ1n) is 6.98. The molecule has 4 heteroatoms. The van der Waals surface area contributed by atoms with E-state index >= 15 is 0 Å². The van der Waals surface area contributed by atoms with Crippen molar-refractivity contribution >= 4 is 11.9 Å². The normalized spacial score (nSPS) is 44.9. The quantitative estimate of drug-likeness (QED) is 0.803. The molecule has 4 aliphatic carbocycles. The van der Waals surface area contributed by atoms with Crippen molar-refractivity contribution in [3.05, 3.63) is 0 Å². The molecule has 0 spiro atoms. The molecule has 0 heterocycles. The smallest absolute Gasteiger partial charge is 0.303 e. The molecular weight excluding hydrogens is 230 g/mol. The van der Waals surface area contributed by atoms with Crippen molar-refractivity contribution in [2.75, 3.05) is 0 Å². The third-order valence-electron chi connectivity index (χ3n) is 5.32. The summed E-state index contributed by atoms with van der Waals surface area (Å²) in [6, 6.07) is 0. The van der Waals surface area contributed by atoms with Crippen LogP contribution < -0.4 is 5.32 Å². The number of amides is 1. The van der Waals surface area contributed by atoms with E-state index in [2.05, 4.69) is 5.32 Å². The first kappa shape index (κ1) is 12.0. The van der Waals surface area contributed by atoms with Gasteiger partial charge in [0.05, 0.1) is 0 Å². The lowest BCUT2D eigenvalue weighted by molar-refractivity contribution is -0.145. The summed E-state index contributed by atoms with van der Waals surface area (Å²) >= 11 is 0. The topological polar surface area (TPSA) is 66.4 Å².